The number of hydrogen-bond donors (Lipinski definition) is 0. The maximum Gasteiger partial charge on any atom is 0.150 e. The third-order valence-electron chi connectivity index (χ3n) is 4.05. The van der Waals surface area contributed by atoms with Crippen molar-refractivity contribution in [2.45, 2.75) is 56.9 Å². The van der Waals surface area contributed by atoms with Gasteiger partial charge in [-0.15, -0.1) is 0 Å². The summed E-state index contributed by atoms with van der Waals surface area (Å²) in [5.41, 5.74) is 0.707. The van der Waals surface area contributed by atoms with Gasteiger partial charge in [-0.3, -0.25) is 9.69 Å². The van der Waals surface area contributed by atoms with Gasteiger partial charge in [0.1, 0.15) is 5.78 Å². The van der Waals surface area contributed by atoms with Crippen LogP contribution in [0.4, 0.5) is 0 Å². The Labute approximate surface area is 94.0 Å². The molecule has 2 fully saturated rings. The summed E-state index contributed by atoms with van der Waals surface area (Å²) >= 11 is 0. The van der Waals surface area contributed by atoms with E-state index in [1.807, 2.05) is 0 Å². The summed E-state index contributed by atoms with van der Waals surface area (Å²) in [5.74, 6) is 0.536. The third kappa shape index (κ3) is 2.18. The monoisotopic (exact) mass is 225 g/mol. The lowest BCUT2D eigenvalue weighted by atomic mass is 9.91. The van der Waals surface area contributed by atoms with Gasteiger partial charge in [-0.2, -0.15) is 0 Å². The highest BCUT2D eigenvalue weighted by atomic mass is 28.3. The number of Topliss-reactive ketones (excluding diaryl/α,β-unsaturated/α-hetero) is 1. The van der Waals surface area contributed by atoms with Gasteiger partial charge in [-0.05, 0) is 37.9 Å². The molecule has 2 aliphatic heterocycles. The molecule has 0 unspecified atom stereocenters. The van der Waals surface area contributed by atoms with Crippen LogP contribution in [0.3, 0.4) is 0 Å². The predicted octanol–water partition coefficient (Wildman–Crippen LogP) is 2.52. The van der Waals surface area contributed by atoms with E-state index in [1.54, 1.807) is 0 Å². The second-order valence-corrected chi connectivity index (χ2v) is 11.6. The fraction of sp³-hybridized carbons (Fsp3) is 0.917. The molecule has 86 valence electrons. The van der Waals surface area contributed by atoms with Crippen molar-refractivity contribution in [3.05, 3.63) is 0 Å². The molecule has 0 spiro atoms. The van der Waals surface area contributed by atoms with Gasteiger partial charge in [0.15, 0.2) is 0 Å². The molecular formula is C12H23NOSi. The van der Waals surface area contributed by atoms with E-state index in [0.717, 1.165) is 25.9 Å². The summed E-state index contributed by atoms with van der Waals surface area (Å²) in [5, 5.41) is 0. The number of carbonyl (C=O) groups is 1. The van der Waals surface area contributed by atoms with Gasteiger partial charge >= 0.3 is 0 Å². The van der Waals surface area contributed by atoms with E-state index in [-0.39, 0.29) is 0 Å². The average Bonchev–Trinajstić information content (AvgIpc) is 2.16. The zero-order valence-electron chi connectivity index (χ0n) is 10.3. The molecular weight excluding hydrogens is 202 g/mol. The largest absolute Gasteiger partial charge is 0.298 e. The SMILES string of the molecule is C[Si](C)(C)[C@H]1CCCN2CCCC(=O)[C@H]12. The number of rotatable bonds is 1. The standard InChI is InChI=1S/C12H23NOSi/c1-15(2,3)11-7-5-9-13-8-4-6-10(14)12(11)13/h11-12H,4-9H2,1-3H3/t11-,12+/m0/s1. The van der Waals surface area contributed by atoms with Crippen LogP contribution in [-0.4, -0.2) is 37.9 Å². The fourth-order valence-corrected chi connectivity index (χ4v) is 5.67. The Balaban J connectivity index is 2.20. The molecule has 0 aromatic carbocycles. The van der Waals surface area contributed by atoms with Gasteiger partial charge in [0.2, 0.25) is 0 Å². The number of hydrogen-bond acceptors (Lipinski definition) is 2. The van der Waals surface area contributed by atoms with E-state index in [2.05, 4.69) is 24.5 Å². The van der Waals surface area contributed by atoms with Crippen LogP contribution in [-0.2, 0) is 4.79 Å². The van der Waals surface area contributed by atoms with Crippen LogP contribution in [0, 0.1) is 0 Å². The summed E-state index contributed by atoms with van der Waals surface area (Å²) in [6.45, 7) is 9.59. The Morgan fingerprint density at radius 1 is 1.20 bits per heavy atom. The Hall–Kier alpha value is -0.153. The third-order valence-corrected chi connectivity index (χ3v) is 6.87. The van der Waals surface area contributed by atoms with E-state index in [0.29, 0.717) is 17.4 Å². The molecule has 2 atom stereocenters. The number of carbonyl (C=O) groups excluding carboxylic acids is 1. The molecule has 2 rings (SSSR count). The van der Waals surface area contributed by atoms with Crippen molar-refractivity contribution in [2.75, 3.05) is 13.1 Å². The van der Waals surface area contributed by atoms with Crippen LogP contribution in [0.1, 0.15) is 25.7 Å². The van der Waals surface area contributed by atoms with Crippen molar-refractivity contribution in [1.82, 2.24) is 4.90 Å². The normalized spacial score (nSPS) is 33.9. The second-order valence-electron chi connectivity index (χ2n) is 6.17. The van der Waals surface area contributed by atoms with E-state index >= 15 is 0 Å². The zero-order chi connectivity index (χ0) is 11.1. The van der Waals surface area contributed by atoms with Crippen molar-refractivity contribution in [1.29, 1.82) is 0 Å². The van der Waals surface area contributed by atoms with Gasteiger partial charge in [0.05, 0.1) is 6.04 Å². The zero-order valence-corrected chi connectivity index (χ0v) is 11.3. The van der Waals surface area contributed by atoms with Crippen molar-refractivity contribution < 1.29 is 4.79 Å². The van der Waals surface area contributed by atoms with E-state index in [1.165, 1.54) is 12.8 Å². The van der Waals surface area contributed by atoms with Gasteiger partial charge in [0.25, 0.3) is 0 Å². The summed E-state index contributed by atoms with van der Waals surface area (Å²) < 4.78 is 0. The number of nitrogens with zero attached hydrogens (tertiary/aromatic N) is 1. The van der Waals surface area contributed by atoms with Gasteiger partial charge in [-0.25, -0.2) is 0 Å². The molecule has 15 heavy (non-hydrogen) atoms. The Bertz CT molecular complexity index is 257. The minimum atomic E-state index is -1.17. The molecule has 2 heterocycles. The quantitative estimate of drug-likeness (QED) is 0.639. The molecule has 0 aromatic heterocycles. The van der Waals surface area contributed by atoms with Crippen LogP contribution in [0.25, 0.3) is 0 Å². The first-order chi connectivity index (χ1) is 7.00. The van der Waals surface area contributed by atoms with Crippen molar-refractivity contribution in [2.24, 2.45) is 0 Å². The Morgan fingerprint density at radius 3 is 2.53 bits per heavy atom. The maximum absolute atomic E-state index is 12.1. The van der Waals surface area contributed by atoms with Crippen LogP contribution < -0.4 is 0 Å². The lowest BCUT2D eigenvalue weighted by Crippen LogP contribution is -2.56. The van der Waals surface area contributed by atoms with Gasteiger partial charge < -0.3 is 0 Å². The number of fused-ring (bicyclic) bond motifs is 1. The maximum atomic E-state index is 12.1. The Morgan fingerprint density at radius 2 is 1.87 bits per heavy atom. The highest BCUT2D eigenvalue weighted by Crippen LogP contribution is 2.39. The van der Waals surface area contributed by atoms with E-state index in [4.69, 9.17) is 0 Å². The van der Waals surface area contributed by atoms with Gasteiger partial charge in [0, 0.05) is 14.5 Å². The molecule has 0 bridgehead atoms. The van der Waals surface area contributed by atoms with Crippen molar-refractivity contribution in [3.63, 3.8) is 0 Å². The second kappa shape index (κ2) is 4.02. The van der Waals surface area contributed by atoms with Crippen molar-refractivity contribution in [3.8, 4) is 0 Å². The smallest absolute Gasteiger partial charge is 0.150 e. The lowest BCUT2D eigenvalue weighted by Gasteiger charge is -2.47. The number of ketones is 1. The summed E-state index contributed by atoms with van der Waals surface area (Å²) in [4.78, 5) is 14.5. The minimum Gasteiger partial charge on any atom is -0.298 e. The summed E-state index contributed by atoms with van der Waals surface area (Å²) in [6.07, 6.45) is 4.53. The summed E-state index contributed by atoms with van der Waals surface area (Å²) in [6, 6.07) is 0.305. The molecule has 2 nitrogen and oxygen atoms in total. The first kappa shape index (κ1) is 11.3. The fourth-order valence-electron chi connectivity index (χ4n) is 3.26. The first-order valence-corrected chi connectivity index (χ1v) is 9.84. The van der Waals surface area contributed by atoms with E-state index in [9.17, 15) is 4.79 Å². The van der Waals surface area contributed by atoms with Crippen LogP contribution in [0.2, 0.25) is 25.2 Å². The van der Waals surface area contributed by atoms with Crippen LogP contribution >= 0.6 is 0 Å². The van der Waals surface area contributed by atoms with Gasteiger partial charge in [-0.1, -0.05) is 19.6 Å². The molecule has 0 aromatic rings. The molecule has 0 amide bonds. The summed E-state index contributed by atoms with van der Waals surface area (Å²) in [7, 11) is -1.17. The molecule has 2 aliphatic rings. The van der Waals surface area contributed by atoms with Crippen LogP contribution in [0.5, 0.6) is 0 Å². The topological polar surface area (TPSA) is 20.3 Å². The molecule has 0 N–H and O–H groups in total. The average molecular weight is 225 g/mol. The van der Waals surface area contributed by atoms with Crippen LogP contribution in [0.15, 0.2) is 0 Å². The van der Waals surface area contributed by atoms with E-state index < -0.39 is 8.07 Å². The predicted molar refractivity (Wildman–Crippen MR) is 65.9 cm³/mol. The highest BCUT2D eigenvalue weighted by Gasteiger charge is 2.43. The Kier molecular flexibility index (Phi) is 3.04. The molecule has 0 radical (unpaired) electrons. The lowest BCUT2D eigenvalue weighted by molar-refractivity contribution is -0.128. The molecule has 0 aliphatic carbocycles. The molecule has 3 heteroatoms. The molecule has 2 saturated heterocycles. The molecule has 0 saturated carbocycles. The number of piperidine rings is 2. The van der Waals surface area contributed by atoms with Crippen molar-refractivity contribution >= 4 is 13.9 Å². The highest BCUT2D eigenvalue weighted by molar-refractivity contribution is 6.78. The minimum absolute atomic E-state index is 0.305. The first-order valence-electron chi connectivity index (χ1n) is 6.27.